The van der Waals surface area contributed by atoms with Crippen molar-refractivity contribution in [1.29, 1.82) is 0 Å². The second-order valence-electron chi connectivity index (χ2n) is 7.41. The highest BCUT2D eigenvalue weighted by atomic mass is 35.5. The Kier molecular flexibility index (Phi) is 6.79. The van der Waals surface area contributed by atoms with Crippen molar-refractivity contribution in [2.75, 3.05) is 26.2 Å². The number of hydrogen-bond acceptors (Lipinski definition) is 4. The van der Waals surface area contributed by atoms with Gasteiger partial charge in [-0.15, -0.1) is 0 Å². The standard InChI is InChI=1S/C20H28Cl2N4O/c1-4-6-18(25-8-7-23-11-13(3)12-25)19-24-17-10-16(22)15(21)9-14(17)20(27)26(19)5-2/h9-10,13,18,23H,4-8,11-12H2,1-3H3/t13-,18+/m0/s1. The lowest BCUT2D eigenvalue weighted by atomic mass is 10.1. The molecule has 0 radical (unpaired) electrons. The van der Waals surface area contributed by atoms with Gasteiger partial charge in [-0.05, 0) is 37.9 Å². The average Bonchev–Trinajstić information content (AvgIpc) is 2.85. The average molecular weight is 411 g/mol. The van der Waals surface area contributed by atoms with E-state index in [1.807, 2.05) is 6.92 Å². The molecule has 0 spiro atoms. The van der Waals surface area contributed by atoms with Gasteiger partial charge in [-0.2, -0.15) is 0 Å². The van der Waals surface area contributed by atoms with Crippen LogP contribution in [0.4, 0.5) is 0 Å². The fraction of sp³-hybridized carbons (Fsp3) is 0.600. The Labute approximate surface area is 170 Å². The second-order valence-corrected chi connectivity index (χ2v) is 8.23. The molecule has 148 valence electrons. The van der Waals surface area contributed by atoms with E-state index in [2.05, 4.69) is 24.1 Å². The molecule has 27 heavy (non-hydrogen) atoms. The van der Waals surface area contributed by atoms with Crippen LogP contribution in [0.25, 0.3) is 10.9 Å². The molecule has 2 aromatic rings. The predicted octanol–water partition coefficient (Wildman–Crippen LogP) is 4.11. The number of rotatable bonds is 5. The van der Waals surface area contributed by atoms with E-state index in [0.717, 1.165) is 44.8 Å². The largest absolute Gasteiger partial charge is 0.315 e. The number of nitrogens with one attached hydrogen (secondary N) is 1. The molecule has 1 fully saturated rings. The zero-order valence-corrected chi connectivity index (χ0v) is 17.8. The summed E-state index contributed by atoms with van der Waals surface area (Å²) >= 11 is 12.3. The number of fused-ring (bicyclic) bond motifs is 1. The van der Waals surface area contributed by atoms with E-state index in [1.165, 1.54) is 0 Å². The highest BCUT2D eigenvalue weighted by molar-refractivity contribution is 6.42. The molecular weight excluding hydrogens is 383 g/mol. The summed E-state index contributed by atoms with van der Waals surface area (Å²) in [6, 6.07) is 3.46. The third kappa shape index (κ3) is 4.32. The van der Waals surface area contributed by atoms with Crippen LogP contribution in [0.1, 0.15) is 45.5 Å². The predicted molar refractivity (Wildman–Crippen MR) is 113 cm³/mol. The normalized spacial score (nSPS) is 20.0. The van der Waals surface area contributed by atoms with E-state index in [4.69, 9.17) is 28.2 Å². The van der Waals surface area contributed by atoms with Crippen LogP contribution < -0.4 is 10.9 Å². The molecule has 1 aliphatic rings. The second kappa shape index (κ2) is 8.91. The van der Waals surface area contributed by atoms with Crippen LogP contribution in [0.3, 0.4) is 0 Å². The van der Waals surface area contributed by atoms with Crippen LogP contribution in [0, 0.1) is 5.92 Å². The molecule has 0 bridgehead atoms. The molecule has 1 aromatic heterocycles. The van der Waals surface area contributed by atoms with Gasteiger partial charge in [-0.3, -0.25) is 14.3 Å². The van der Waals surface area contributed by atoms with Gasteiger partial charge in [0.2, 0.25) is 0 Å². The fourth-order valence-corrected chi connectivity index (χ4v) is 4.27. The molecule has 1 aromatic carbocycles. The topological polar surface area (TPSA) is 50.2 Å². The minimum Gasteiger partial charge on any atom is -0.315 e. The molecule has 3 rings (SSSR count). The van der Waals surface area contributed by atoms with Gasteiger partial charge in [0.1, 0.15) is 5.82 Å². The van der Waals surface area contributed by atoms with E-state index in [1.54, 1.807) is 16.7 Å². The van der Waals surface area contributed by atoms with Gasteiger partial charge in [-0.1, -0.05) is 43.5 Å². The molecule has 1 aliphatic heterocycles. The van der Waals surface area contributed by atoms with Gasteiger partial charge in [-0.25, -0.2) is 4.98 Å². The Hall–Kier alpha value is -1.14. The van der Waals surface area contributed by atoms with E-state index in [-0.39, 0.29) is 11.6 Å². The van der Waals surface area contributed by atoms with Gasteiger partial charge in [0.15, 0.2) is 0 Å². The van der Waals surface area contributed by atoms with E-state index >= 15 is 0 Å². The number of nitrogens with zero attached hydrogens (tertiary/aromatic N) is 3. The maximum atomic E-state index is 13.2. The van der Waals surface area contributed by atoms with Crippen LogP contribution in [0.2, 0.25) is 10.0 Å². The van der Waals surface area contributed by atoms with Crippen LogP contribution >= 0.6 is 23.2 Å². The first-order chi connectivity index (χ1) is 13.0. The Morgan fingerprint density at radius 3 is 2.74 bits per heavy atom. The number of halogens is 2. The number of hydrogen-bond donors (Lipinski definition) is 1. The summed E-state index contributed by atoms with van der Waals surface area (Å²) < 4.78 is 1.80. The molecule has 2 atom stereocenters. The van der Waals surface area contributed by atoms with Crippen LogP contribution in [-0.2, 0) is 6.54 Å². The zero-order chi connectivity index (χ0) is 19.6. The smallest absolute Gasteiger partial charge is 0.261 e. The number of aromatic nitrogens is 2. The lowest BCUT2D eigenvalue weighted by Crippen LogP contribution is -2.38. The lowest BCUT2D eigenvalue weighted by Gasteiger charge is -2.32. The molecular formula is C20H28Cl2N4O. The minimum absolute atomic E-state index is 0.0434. The monoisotopic (exact) mass is 410 g/mol. The molecule has 0 amide bonds. The molecule has 0 aliphatic carbocycles. The van der Waals surface area contributed by atoms with Gasteiger partial charge in [0, 0.05) is 26.2 Å². The Balaban J connectivity index is 2.16. The third-order valence-electron chi connectivity index (χ3n) is 5.26. The summed E-state index contributed by atoms with van der Waals surface area (Å²) in [6.07, 6.45) is 1.99. The Morgan fingerprint density at radius 2 is 2.04 bits per heavy atom. The maximum absolute atomic E-state index is 13.2. The van der Waals surface area contributed by atoms with E-state index in [0.29, 0.717) is 33.4 Å². The molecule has 5 nitrogen and oxygen atoms in total. The maximum Gasteiger partial charge on any atom is 0.261 e. The molecule has 0 unspecified atom stereocenters. The first-order valence-electron chi connectivity index (χ1n) is 9.80. The molecule has 0 saturated carbocycles. The quantitative estimate of drug-likeness (QED) is 0.805. The SMILES string of the molecule is CCC[C@H](c1nc2cc(Cl)c(Cl)cc2c(=O)n1CC)N1CCNC[C@H](C)C1. The van der Waals surface area contributed by atoms with Crippen molar-refractivity contribution < 1.29 is 0 Å². The van der Waals surface area contributed by atoms with Gasteiger partial charge >= 0.3 is 0 Å². The first kappa shape index (κ1) is 20.6. The Morgan fingerprint density at radius 1 is 1.30 bits per heavy atom. The van der Waals surface area contributed by atoms with Crippen molar-refractivity contribution in [2.45, 2.75) is 46.2 Å². The van der Waals surface area contributed by atoms with E-state index in [9.17, 15) is 4.79 Å². The number of benzene rings is 1. The van der Waals surface area contributed by atoms with Crippen molar-refractivity contribution in [1.82, 2.24) is 19.8 Å². The highest BCUT2D eigenvalue weighted by Gasteiger charge is 2.27. The fourth-order valence-electron chi connectivity index (χ4n) is 3.95. The first-order valence-corrected chi connectivity index (χ1v) is 10.6. The summed E-state index contributed by atoms with van der Waals surface area (Å²) in [4.78, 5) is 20.6. The van der Waals surface area contributed by atoms with Crippen molar-refractivity contribution in [3.8, 4) is 0 Å². The molecule has 2 heterocycles. The van der Waals surface area contributed by atoms with Crippen molar-refractivity contribution in [3.63, 3.8) is 0 Å². The summed E-state index contributed by atoms with van der Waals surface area (Å²) in [5, 5.41) is 4.83. The van der Waals surface area contributed by atoms with Crippen molar-refractivity contribution >= 4 is 34.1 Å². The lowest BCUT2D eigenvalue weighted by molar-refractivity contribution is 0.169. The van der Waals surface area contributed by atoms with Gasteiger partial charge < -0.3 is 5.32 Å². The summed E-state index contributed by atoms with van der Waals surface area (Å²) in [6.45, 7) is 10.9. The molecule has 1 N–H and O–H groups in total. The zero-order valence-electron chi connectivity index (χ0n) is 16.3. The van der Waals surface area contributed by atoms with Crippen molar-refractivity contribution in [2.24, 2.45) is 5.92 Å². The highest BCUT2D eigenvalue weighted by Crippen LogP contribution is 2.29. The summed E-state index contributed by atoms with van der Waals surface area (Å²) in [7, 11) is 0. The van der Waals surface area contributed by atoms with Crippen molar-refractivity contribution in [3.05, 3.63) is 38.4 Å². The molecule has 7 heteroatoms. The third-order valence-corrected chi connectivity index (χ3v) is 5.98. The molecule has 1 saturated heterocycles. The van der Waals surface area contributed by atoms with Crippen LogP contribution in [-0.4, -0.2) is 40.6 Å². The van der Waals surface area contributed by atoms with E-state index < -0.39 is 0 Å². The summed E-state index contributed by atoms with van der Waals surface area (Å²) in [5.74, 6) is 1.40. The van der Waals surface area contributed by atoms with Crippen LogP contribution in [0.5, 0.6) is 0 Å². The summed E-state index contributed by atoms with van der Waals surface area (Å²) in [5.41, 5.74) is 0.578. The Bertz CT molecular complexity index is 867. The minimum atomic E-state index is -0.0434. The van der Waals surface area contributed by atoms with Gasteiger partial charge in [0.25, 0.3) is 5.56 Å². The van der Waals surface area contributed by atoms with Crippen LogP contribution in [0.15, 0.2) is 16.9 Å². The van der Waals surface area contributed by atoms with Gasteiger partial charge in [0.05, 0.1) is 27.0 Å².